The van der Waals surface area contributed by atoms with E-state index in [1.807, 2.05) is 28.9 Å². The normalized spacial score (nSPS) is 19.4. The standard InChI is InChI=1S/C19H20N6O3/c26-19(20-14-5-7-16(8-6-14)25(27)28)13-23-11-9-15(10-12-23)24-18-4-2-1-3-17(18)21-22-24/h1-8,15H,9-13H2,(H,20,26)/p+1. The van der Waals surface area contributed by atoms with Gasteiger partial charge in [0.2, 0.25) is 0 Å². The Morgan fingerprint density at radius 2 is 1.89 bits per heavy atom. The Kier molecular flexibility index (Phi) is 4.98. The van der Waals surface area contributed by atoms with E-state index < -0.39 is 4.92 Å². The van der Waals surface area contributed by atoms with Crippen molar-refractivity contribution in [1.29, 1.82) is 0 Å². The number of quaternary nitrogens is 1. The van der Waals surface area contributed by atoms with Crippen LogP contribution in [-0.2, 0) is 4.79 Å². The van der Waals surface area contributed by atoms with E-state index in [9.17, 15) is 14.9 Å². The molecule has 0 radical (unpaired) electrons. The van der Waals surface area contributed by atoms with Crippen LogP contribution in [0.25, 0.3) is 11.0 Å². The third-order valence-corrected chi connectivity index (χ3v) is 5.16. The van der Waals surface area contributed by atoms with Gasteiger partial charge in [-0.2, -0.15) is 0 Å². The van der Waals surface area contributed by atoms with Crippen molar-refractivity contribution in [2.45, 2.75) is 18.9 Å². The number of non-ortho nitro benzene ring substituents is 1. The van der Waals surface area contributed by atoms with Gasteiger partial charge in [-0.05, 0) is 24.3 Å². The maximum atomic E-state index is 12.3. The average Bonchev–Trinajstić information content (AvgIpc) is 3.13. The molecule has 0 saturated carbocycles. The van der Waals surface area contributed by atoms with E-state index in [-0.39, 0.29) is 11.6 Å². The number of benzene rings is 2. The summed E-state index contributed by atoms with van der Waals surface area (Å²) in [6.45, 7) is 2.14. The van der Waals surface area contributed by atoms with Crippen molar-refractivity contribution < 1.29 is 14.6 Å². The lowest BCUT2D eigenvalue weighted by molar-refractivity contribution is -0.897. The first-order valence-electron chi connectivity index (χ1n) is 9.28. The number of amides is 1. The fraction of sp³-hybridized carbons (Fsp3) is 0.316. The van der Waals surface area contributed by atoms with E-state index in [1.165, 1.54) is 17.0 Å². The molecule has 4 rings (SSSR count). The fourth-order valence-corrected chi connectivity index (χ4v) is 3.69. The van der Waals surface area contributed by atoms with Crippen LogP contribution in [-0.4, -0.2) is 45.5 Å². The number of para-hydroxylation sites is 1. The van der Waals surface area contributed by atoms with Gasteiger partial charge in [-0.1, -0.05) is 17.3 Å². The highest BCUT2D eigenvalue weighted by atomic mass is 16.6. The van der Waals surface area contributed by atoms with E-state index in [0.717, 1.165) is 37.0 Å². The number of hydrogen-bond donors (Lipinski definition) is 2. The number of hydrogen-bond acceptors (Lipinski definition) is 5. The molecule has 1 aliphatic rings. The average molecular weight is 381 g/mol. The maximum absolute atomic E-state index is 12.3. The molecule has 28 heavy (non-hydrogen) atoms. The molecule has 144 valence electrons. The highest BCUT2D eigenvalue weighted by Crippen LogP contribution is 2.21. The number of nitro groups is 1. The number of rotatable bonds is 5. The number of piperidine rings is 1. The molecule has 2 heterocycles. The van der Waals surface area contributed by atoms with Crippen LogP contribution in [0.1, 0.15) is 18.9 Å². The van der Waals surface area contributed by atoms with Crippen LogP contribution in [0.3, 0.4) is 0 Å². The van der Waals surface area contributed by atoms with E-state index >= 15 is 0 Å². The zero-order valence-corrected chi connectivity index (χ0v) is 15.2. The molecular weight excluding hydrogens is 360 g/mol. The van der Waals surface area contributed by atoms with Crippen LogP contribution < -0.4 is 10.2 Å². The number of fused-ring (bicyclic) bond motifs is 1. The molecule has 0 bridgehead atoms. The van der Waals surface area contributed by atoms with E-state index in [4.69, 9.17) is 0 Å². The van der Waals surface area contributed by atoms with Crippen molar-refractivity contribution in [1.82, 2.24) is 15.0 Å². The van der Waals surface area contributed by atoms with Crippen molar-refractivity contribution in [3.05, 3.63) is 58.6 Å². The first-order valence-corrected chi connectivity index (χ1v) is 9.28. The van der Waals surface area contributed by atoms with Gasteiger partial charge in [-0.25, -0.2) is 4.68 Å². The maximum Gasteiger partial charge on any atom is 0.279 e. The van der Waals surface area contributed by atoms with Crippen molar-refractivity contribution in [2.24, 2.45) is 0 Å². The van der Waals surface area contributed by atoms with Crippen LogP contribution in [0, 0.1) is 10.1 Å². The Bertz CT molecular complexity index is 992. The monoisotopic (exact) mass is 381 g/mol. The van der Waals surface area contributed by atoms with Crippen molar-refractivity contribution >= 4 is 28.3 Å². The smallest absolute Gasteiger partial charge is 0.279 e. The summed E-state index contributed by atoms with van der Waals surface area (Å²) >= 11 is 0. The van der Waals surface area contributed by atoms with Crippen LogP contribution in [0.15, 0.2) is 48.5 Å². The Balaban J connectivity index is 1.30. The molecule has 1 amide bonds. The number of likely N-dealkylation sites (tertiary alicyclic amines) is 1. The minimum Gasteiger partial charge on any atom is -0.327 e. The van der Waals surface area contributed by atoms with Crippen LogP contribution in [0.5, 0.6) is 0 Å². The zero-order valence-electron chi connectivity index (χ0n) is 15.2. The zero-order chi connectivity index (χ0) is 19.5. The van der Waals surface area contributed by atoms with Crippen molar-refractivity contribution in [3.63, 3.8) is 0 Å². The Morgan fingerprint density at radius 3 is 2.61 bits per heavy atom. The molecule has 2 aromatic carbocycles. The molecule has 2 N–H and O–H groups in total. The van der Waals surface area contributed by atoms with Gasteiger partial charge in [-0.3, -0.25) is 14.9 Å². The molecule has 0 unspecified atom stereocenters. The highest BCUT2D eigenvalue weighted by Gasteiger charge is 2.26. The Morgan fingerprint density at radius 1 is 1.18 bits per heavy atom. The van der Waals surface area contributed by atoms with Gasteiger partial charge < -0.3 is 10.2 Å². The molecule has 3 aromatic rings. The molecule has 9 heteroatoms. The van der Waals surface area contributed by atoms with Gasteiger partial charge in [0.1, 0.15) is 5.52 Å². The number of nitrogens with one attached hydrogen (secondary N) is 2. The first-order chi connectivity index (χ1) is 13.6. The fourth-order valence-electron chi connectivity index (χ4n) is 3.69. The van der Waals surface area contributed by atoms with Crippen molar-refractivity contribution in [2.75, 3.05) is 25.0 Å². The summed E-state index contributed by atoms with van der Waals surface area (Å²) in [5.74, 6) is -0.0893. The van der Waals surface area contributed by atoms with Crippen LogP contribution in [0.2, 0.25) is 0 Å². The number of carbonyl (C=O) groups is 1. The number of anilines is 1. The quantitative estimate of drug-likeness (QED) is 0.510. The number of aromatic nitrogens is 3. The summed E-state index contributed by atoms with van der Waals surface area (Å²) in [5.41, 5.74) is 2.52. The molecule has 1 aromatic heterocycles. The second-order valence-corrected chi connectivity index (χ2v) is 7.03. The molecule has 0 spiro atoms. The van der Waals surface area contributed by atoms with E-state index in [1.54, 1.807) is 12.1 Å². The summed E-state index contributed by atoms with van der Waals surface area (Å²) in [5, 5.41) is 22.0. The SMILES string of the molecule is O=C(C[NH+]1CCC(n2nnc3ccccc32)CC1)Nc1ccc([N+](=O)[O-])cc1. The Labute approximate surface area is 161 Å². The number of nitrogens with zero attached hydrogens (tertiary/aromatic N) is 4. The van der Waals surface area contributed by atoms with E-state index in [2.05, 4.69) is 15.6 Å². The molecule has 9 nitrogen and oxygen atoms in total. The third-order valence-electron chi connectivity index (χ3n) is 5.16. The second-order valence-electron chi connectivity index (χ2n) is 7.03. The third kappa shape index (κ3) is 3.84. The lowest BCUT2D eigenvalue weighted by Crippen LogP contribution is -3.14. The van der Waals surface area contributed by atoms with Crippen LogP contribution in [0.4, 0.5) is 11.4 Å². The lowest BCUT2D eigenvalue weighted by atomic mass is 10.0. The van der Waals surface area contributed by atoms with Gasteiger partial charge in [0.15, 0.2) is 6.54 Å². The summed E-state index contributed by atoms with van der Waals surface area (Å²) in [6.07, 6.45) is 1.88. The molecule has 1 fully saturated rings. The van der Waals surface area contributed by atoms with E-state index in [0.29, 0.717) is 18.3 Å². The van der Waals surface area contributed by atoms with Gasteiger partial charge >= 0.3 is 0 Å². The topological polar surface area (TPSA) is 107 Å². The Hall–Kier alpha value is -3.33. The summed E-state index contributed by atoms with van der Waals surface area (Å²) in [7, 11) is 0. The second kappa shape index (κ2) is 7.73. The summed E-state index contributed by atoms with van der Waals surface area (Å²) in [4.78, 5) is 23.7. The first kappa shape index (κ1) is 18.1. The molecular formula is C19H21N6O3+. The minimum atomic E-state index is -0.460. The molecule has 0 aliphatic carbocycles. The largest absolute Gasteiger partial charge is 0.327 e. The van der Waals surface area contributed by atoms with Gasteiger partial charge in [0.25, 0.3) is 11.6 Å². The predicted octanol–water partition coefficient (Wildman–Crippen LogP) is 1.20. The van der Waals surface area contributed by atoms with Crippen LogP contribution >= 0.6 is 0 Å². The minimum absolute atomic E-state index is 0.00586. The summed E-state index contributed by atoms with van der Waals surface area (Å²) in [6, 6.07) is 14.1. The lowest BCUT2D eigenvalue weighted by Gasteiger charge is -2.29. The van der Waals surface area contributed by atoms with Gasteiger partial charge in [0.05, 0.1) is 29.6 Å². The summed E-state index contributed by atoms with van der Waals surface area (Å²) < 4.78 is 2.00. The number of carbonyl (C=O) groups excluding carboxylic acids is 1. The number of nitro benzene ring substituents is 1. The molecule has 0 atom stereocenters. The van der Waals surface area contributed by atoms with Gasteiger partial charge in [0, 0.05) is 30.7 Å². The van der Waals surface area contributed by atoms with Gasteiger partial charge in [-0.15, -0.1) is 5.10 Å². The molecule has 1 aliphatic heterocycles. The molecule has 1 saturated heterocycles. The highest BCUT2D eigenvalue weighted by molar-refractivity contribution is 5.91. The predicted molar refractivity (Wildman–Crippen MR) is 103 cm³/mol. The van der Waals surface area contributed by atoms with Crippen molar-refractivity contribution in [3.8, 4) is 0 Å².